The van der Waals surface area contributed by atoms with Crippen molar-refractivity contribution in [2.45, 2.75) is 35.8 Å². The molecule has 8 heteroatoms. The van der Waals surface area contributed by atoms with Crippen LogP contribution in [0.3, 0.4) is 0 Å². The molecule has 0 atom stereocenters. The largest absolute Gasteiger partial charge is 0.339 e. The van der Waals surface area contributed by atoms with Crippen LogP contribution in [0.2, 0.25) is 0 Å². The van der Waals surface area contributed by atoms with E-state index in [9.17, 15) is 17.6 Å². The molecule has 0 spiro atoms. The van der Waals surface area contributed by atoms with Crippen molar-refractivity contribution in [1.29, 1.82) is 0 Å². The summed E-state index contributed by atoms with van der Waals surface area (Å²) in [6.07, 6.45) is 4.90. The van der Waals surface area contributed by atoms with E-state index >= 15 is 0 Å². The van der Waals surface area contributed by atoms with E-state index in [0.717, 1.165) is 12.1 Å². The van der Waals surface area contributed by atoms with E-state index in [0.29, 0.717) is 24.1 Å². The predicted octanol–water partition coefficient (Wildman–Crippen LogP) is 2.33. The first-order valence-corrected chi connectivity index (χ1v) is 11.1. The van der Waals surface area contributed by atoms with Gasteiger partial charge in [0, 0.05) is 31.4 Å². The first-order chi connectivity index (χ1) is 12.0. The fraction of sp³-hybridized carbons (Fsp3) is 0.588. The summed E-state index contributed by atoms with van der Waals surface area (Å²) in [5, 5.41) is 0.601. The van der Waals surface area contributed by atoms with Crippen molar-refractivity contribution in [3.63, 3.8) is 0 Å². The number of carbonyl (C=O) groups is 1. The quantitative estimate of drug-likeness (QED) is 0.779. The number of hydrogen-bond donors (Lipinski definition) is 0. The number of sulfonamides is 1. The topological polar surface area (TPSA) is 57.7 Å². The Hall–Kier alpha value is -1.12. The molecule has 1 heterocycles. The normalized spacial score (nSPS) is 20.1. The Kier molecular flexibility index (Phi) is 6.01. The molecular formula is C17H23FN2O3S2. The maximum absolute atomic E-state index is 13.0. The van der Waals surface area contributed by atoms with Crippen LogP contribution in [-0.2, 0) is 14.8 Å². The van der Waals surface area contributed by atoms with Crippen LogP contribution in [0, 0.1) is 5.82 Å². The second kappa shape index (κ2) is 8.05. The van der Waals surface area contributed by atoms with Crippen LogP contribution >= 0.6 is 11.8 Å². The molecule has 138 valence electrons. The molecule has 0 N–H and O–H groups in total. The highest BCUT2D eigenvalue weighted by Gasteiger charge is 2.30. The molecule has 5 nitrogen and oxygen atoms in total. The molecule has 25 heavy (non-hydrogen) atoms. The number of piperazine rings is 1. The lowest BCUT2D eigenvalue weighted by molar-refractivity contribution is -0.129. The van der Waals surface area contributed by atoms with Crippen molar-refractivity contribution < 1.29 is 17.6 Å². The standard InChI is InChI=1S/C17H23FN2O3S2/c18-14-5-7-16(8-6-14)25(22,23)20-11-9-19(10-12-20)17(21)13-24-15-3-1-2-4-15/h5-8,15H,1-4,9-13H2. The van der Waals surface area contributed by atoms with Gasteiger partial charge in [0.2, 0.25) is 15.9 Å². The second-order valence-electron chi connectivity index (χ2n) is 6.46. The molecule has 1 saturated carbocycles. The Balaban J connectivity index is 1.52. The van der Waals surface area contributed by atoms with E-state index in [1.807, 2.05) is 0 Å². The summed E-state index contributed by atoms with van der Waals surface area (Å²) in [6.45, 7) is 1.37. The van der Waals surface area contributed by atoms with Gasteiger partial charge in [-0.05, 0) is 37.1 Å². The van der Waals surface area contributed by atoms with Crippen molar-refractivity contribution >= 4 is 27.7 Å². The molecule has 3 rings (SSSR count). The van der Waals surface area contributed by atoms with Gasteiger partial charge in [-0.1, -0.05) is 12.8 Å². The number of rotatable bonds is 5. The molecule has 0 bridgehead atoms. The van der Waals surface area contributed by atoms with Crippen LogP contribution < -0.4 is 0 Å². The van der Waals surface area contributed by atoms with Gasteiger partial charge in [0.15, 0.2) is 0 Å². The van der Waals surface area contributed by atoms with E-state index in [4.69, 9.17) is 0 Å². The fourth-order valence-electron chi connectivity index (χ4n) is 3.27. The van der Waals surface area contributed by atoms with Crippen LogP contribution in [0.1, 0.15) is 25.7 Å². The second-order valence-corrected chi connectivity index (χ2v) is 9.68. The molecule has 2 aliphatic rings. The van der Waals surface area contributed by atoms with E-state index in [1.165, 1.54) is 42.1 Å². The lowest BCUT2D eigenvalue weighted by Crippen LogP contribution is -2.51. The molecule has 0 aromatic heterocycles. The minimum atomic E-state index is -3.63. The third kappa shape index (κ3) is 4.54. The Morgan fingerprint density at radius 1 is 1.08 bits per heavy atom. The Morgan fingerprint density at radius 3 is 2.28 bits per heavy atom. The third-order valence-corrected chi connectivity index (χ3v) is 8.06. The highest BCUT2D eigenvalue weighted by Crippen LogP contribution is 2.29. The monoisotopic (exact) mass is 386 g/mol. The molecule has 1 aliphatic carbocycles. The number of halogens is 1. The summed E-state index contributed by atoms with van der Waals surface area (Å²) < 4.78 is 39.5. The molecule has 1 amide bonds. The molecule has 1 aromatic rings. The van der Waals surface area contributed by atoms with E-state index in [2.05, 4.69) is 0 Å². The summed E-state index contributed by atoms with van der Waals surface area (Å²) in [7, 11) is -3.63. The first kappa shape index (κ1) is 18.7. The molecule has 1 saturated heterocycles. The van der Waals surface area contributed by atoms with Crippen molar-refractivity contribution in [3.8, 4) is 0 Å². The van der Waals surface area contributed by atoms with Gasteiger partial charge in [-0.15, -0.1) is 11.8 Å². The van der Waals surface area contributed by atoms with Gasteiger partial charge >= 0.3 is 0 Å². The van der Waals surface area contributed by atoms with Gasteiger partial charge in [0.05, 0.1) is 10.6 Å². The lowest BCUT2D eigenvalue weighted by Gasteiger charge is -2.34. The van der Waals surface area contributed by atoms with Gasteiger partial charge in [0.25, 0.3) is 0 Å². The maximum atomic E-state index is 13.0. The van der Waals surface area contributed by atoms with Crippen LogP contribution in [-0.4, -0.2) is 60.7 Å². The minimum absolute atomic E-state index is 0.0884. The molecule has 2 fully saturated rings. The van der Waals surface area contributed by atoms with Crippen molar-refractivity contribution in [2.24, 2.45) is 0 Å². The average molecular weight is 387 g/mol. The van der Waals surface area contributed by atoms with Crippen LogP contribution in [0.5, 0.6) is 0 Å². The summed E-state index contributed by atoms with van der Waals surface area (Å²) in [5.74, 6) is 0.111. The number of amides is 1. The van der Waals surface area contributed by atoms with Gasteiger partial charge in [-0.2, -0.15) is 4.31 Å². The zero-order valence-corrected chi connectivity index (χ0v) is 15.7. The molecular weight excluding hydrogens is 363 g/mol. The Labute approximate surface area is 152 Å². The Bertz CT molecular complexity index is 695. The number of thioether (sulfide) groups is 1. The average Bonchev–Trinajstić information content (AvgIpc) is 3.14. The van der Waals surface area contributed by atoms with Crippen molar-refractivity contribution in [3.05, 3.63) is 30.1 Å². The zero-order valence-electron chi connectivity index (χ0n) is 14.1. The lowest BCUT2D eigenvalue weighted by atomic mass is 10.3. The Morgan fingerprint density at radius 2 is 1.68 bits per heavy atom. The smallest absolute Gasteiger partial charge is 0.243 e. The summed E-state index contributed by atoms with van der Waals surface area (Å²) >= 11 is 1.73. The SMILES string of the molecule is O=C(CSC1CCCC1)N1CCN(S(=O)(=O)c2ccc(F)cc2)CC1. The van der Waals surface area contributed by atoms with Crippen LogP contribution in [0.25, 0.3) is 0 Å². The minimum Gasteiger partial charge on any atom is -0.339 e. The number of benzene rings is 1. The number of nitrogens with zero attached hydrogens (tertiary/aromatic N) is 2. The fourth-order valence-corrected chi connectivity index (χ4v) is 5.92. The van der Waals surface area contributed by atoms with Crippen molar-refractivity contribution in [1.82, 2.24) is 9.21 Å². The maximum Gasteiger partial charge on any atom is 0.243 e. The highest BCUT2D eigenvalue weighted by atomic mass is 32.2. The summed E-state index contributed by atoms with van der Waals surface area (Å²) in [4.78, 5) is 14.2. The summed E-state index contributed by atoms with van der Waals surface area (Å²) in [5.41, 5.74) is 0. The number of hydrogen-bond acceptors (Lipinski definition) is 4. The van der Waals surface area contributed by atoms with Gasteiger partial charge in [-0.3, -0.25) is 4.79 Å². The zero-order chi connectivity index (χ0) is 17.9. The van der Waals surface area contributed by atoms with Crippen LogP contribution in [0.15, 0.2) is 29.2 Å². The van der Waals surface area contributed by atoms with E-state index in [1.54, 1.807) is 16.7 Å². The van der Waals surface area contributed by atoms with Gasteiger partial charge < -0.3 is 4.90 Å². The third-order valence-electron chi connectivity index (χ3n) is 4.79. The number of carbonyl (C=O) groups excluding carboxylic acids is 1. The molecule has 1 aromatic carbocycles. The van der Waals surface area contributed by atoms with Crippen LogP contribution in [0.4, 0.5) is 4.39 Å². The van der Waals surface area contributed by atoms with Gasteiger partial charge in [-0.25, -0.2) is 12.8 Å². The predicted molar refractivity (Wildman–Crippen MR) is 96.5 cm³/mol. The molecule has 1 aliphatic heterocycles. The highest BCUT2D eigenvalue weighted by molar-refractivity contribution is 8.00. The molecule has 0 radical (unpaired) electrons. The first-order valence-electron chi connectivity index (χ1n) is 8.62. The van der Waals surface area contributed by atoms with E-state index < -0.39 is 15.8 Å². The van der Waals surface area contributed by atoms with Gasteiger partial charge in [0.1, 0.15) is 5.82 Å². The van der Waals surface area contributed by atoms with E-state index in [-0.39, 0.29) is 23.9 Å². The molecule has 0 unspecified atom stereocenters. The van der Waals surface area contributed by atoms with Crippen molar-refractivity contribution in [2.75, 3.05) is 31.9 Å². The summed E-state index contributed by atoms with van der Waals surface area (Å²) in [6, 6.07) is 4.85.